The van der Waals surface area contributed by atoms with Crippen LogP contribution in [0.3, 0.4) is 0 Å². The standard InChI is InChI=1S/C27H28N4O2/c1-16-9-11-18(12-10-16)26(33)30-31-21-13-27(3,4)14-22(32)24(21)23(20(15-28)25(31)29)19-8-6-5-7-17(19)2/h5-12,23H,13-14,29H2,1-4H3,(H,30,33). The molecule has 0 aromatic heterocycles. The number of ketones is 1. The number of aryl methyl sites for hydroxylation is 2. The second-order valence-electron chi connectivity index (χ2n) is 9.64. The predicted octanol–water partition coefficient (Wildman–Crippen LogP) is 4.38. The van der Waals surface area contributed by atoms with Crippen molar-refractivity contribution in [2.45, 2.75) is 46.5 Å². The van der Waals surface area contributed by atoms with Crippen molar-refractivity contribution in [1.82, 2.24) is 10.4 Å². The largest absolute Gasteiger partial charge is 0.383 e. The summed E-state index contributed by atoms with van der Waals surface area (Å²) in [7, 11) is 0. The van der Waals surface area contributed by atoms with Gasteiger partial charge in [-0.1, -0.05) is 55.8 Å². The van der Waals surface area contributed by atoms with Gasteiger partial charge >= 0.3 is 0 Å². The summed E-state index contributed by atoms with van der Waals surface area (Å²) in [6, 6.07) is 17.1. The van der Waals surface area contributed by atoms with Crippen LogP contribution < -0.4 is 11.2 Å². The second kappa shape index (κ2) is 8.25. The van der Waals surface area contributed by atoms with E-state index in [2.05, 4.69) is 11.5 Å². The summed E-state index contributed by atoms with van der Waals surface area (Å²) in [5.41, 5.74) is 13.9. The molecule has 2 aliphatic rings. The Balaban J connectivity index is 1.87. The molecule has 6 heteroatoms. The number of nitriles is 1. The SMILES string of the molecule is Cc1ccc(C(=O)NN2C(N)=C(C#N)C(c3ccccc3C)C3=C2CC(C)(C)CC3=O)cc1. The van der Waals surface area contributed by atoms with Crippen LogP contribution in [0.5, 0.6) is 0 Å². The maximum absolute atomic E-state index is 13.5. The molecule has 0 saturated carbocycles. The van der Waals surface area contributed by atoms with Crippen LogP contribution >= 0.6 is 0 Å². The Morgan fingerprint density at radius 3 is 2.42 bits per heavy atom. The van der Waals surface area contributed by atoms with Gasteiger partial charge in [0.15, 0.2) is 5.78 Å². The quantitative estimate of drug-likeness (QED) is 0.738. The molecule has 0 bridgehead atoms. The van der Waals surface area contributed by atoms with Crippen molar-refractivity contribution in [3.63, 3.8) is 0 Å². The molecule has 0 radical (unpaired) electrons. The van der Waals surface area contributed by atoms with Crippen molar-refractivity contribution in [1.29, 1.82) is 5.26 Å². The summed E-state index contributed by atoms with van der Waals surface area (Å²) in [6.45, 7) is 7.96. The fraction of sp³-hybridized carbons (Fsp3) is 0.296. The molecule has 168 valence electrons. The van der Waals surface area contributed by atoms with Crippen LogP contribution in [-0.4, -0.2) is 16.7 Å². The number of benzene rings is 2. The Kier molecular flexibility index (Phi) is 5.59. The van der Waals surface area contributed by atoms with Gasteiger partial charge in [-0.25, -0.2) is 5.01 Å². The van der Waals surface area contributed by atoms with E-state index in [9.17, 15) is 14.9 Å². The van der Waals surface area contributed by atoms with Gasteiger partial charge in [0.05, 0.1) is 23.3 Å². The van der Waals surface area contributed by atoms with E-state index in [4.69, 9.17) is 5.73 Å². The number of hydrogen-bond donors (Lipinski definition) is 2. The minimum Gasteiger partial charge on any atom is -0.383 e. The highest BCUT2D eigenvalue weighted by Crippen LogP contribution is 2.48. The van der Waals surface area contributed by atoms with Gasteiger partial charge in [0.25, 0.3) is 5.91 Å². The molecule has 1 aliphatic heterocycles. The molecular weight excluding hydrogens is 412 g/mol. The number of nitrogens with two attached hydrogens (primary N) is 1. The van der Waals surface area contributed by atoms with Crippen molar-refractivity contribution in [3.05, 3.63) is 93.4 Å². The van der Waals surface area contributed by atoms with E-state index in [1.807, 2.05) is 64.1 Å². The molecule has 0 fully saturated rings. The van der Waals surface area contributed by atoms with Gasteiger partial charge in [-0.15, -0.1) is 0 Å². The molecular formula is C27H28N4O2. The summed E-state index contributed by atoms with van der Waals surface area (Å²) >= 11 is 0. The highest BCUT2D eigenvalue weighted by atomic mass is 16.2. The number of hydrazine groups is 1. The van der Waals surface area contributed by atoms with Crippen LogP contribution in [0.4, 0.5) is 0 Å². The van der Waals surface area contributed by atoms with Gasteiger partial charge in [-0.05, 0) is 48.9 Å². The lowest BCUT2D eigenvalue weighted by Gasteiger charge is -2.43. The van der Waals surface area contributed by atoms with Crippen molar-refractivity contribution in [3.8, 4) is 6.07 Å². The predicted molar refractivity (Wildman–Crippen MR) is 126 cm³/mol. The zero-order valence-electron chi connectivity index (χ0n) is 19.4. The zero-order chi connectivity index (χ0) is 23.9. The minimum atomic E-state index is -0.553. The Morgan fingerprint density at radius 1 is 1.12 bits per heavy atom. The summed E-state index contributed by atoms with van der Waals surface area (Å²) in [4.78, 5) is 26.5. The highest BCUT2D eigenvalue weighted by molar-refractivity contribution is 6.01. The first-order chi connectivity index (χ1) is 15.6. The minimum absolute atomic E-state index is 0.0238. The van der Waals surface area contributed by atoms with Crippen LogP contribution in [-0.2, 0) is 4.79 Å². The van der Waals surface area contributed by atoms with E-state index in [1.54, 1.807) is 12.1 Å². The zero-order valence-corrected chi connectivity index (χ0v) is 19.4. The van der Waals surface area contributed by atoms with E-state index in [0.717, 1.165) is 16.7 Å². The monoisotopic (exact) mass is 440 g/mol. The molecule has 0 spiro atoms. The first-order valence-corrected chi connectivity index (χ1v) is 11.0. The molecule has 1 heterocycles. The molecule has 1 atom stereocenters. The van der Waals surface area contributed by atoms with Crippen molar-refractivity contribution < 1.29 is 9.59 Å². The summed E-state index contributed by atoms with van der Waals surface area (Å²) in [6.07, 6.45) is 0.913. The number of amides is 1. The Morgan fingerprint density at radius 2 is 1.79 bits per heavy atom. The van der Waals surface area contributed by atoms with Crippen LogP contribution in [0.1, 0.15) is 59.7 Å². The van der Waals surface area contributed by atoms with E-state index in [-0.39, 0.29) is 28.5 Å². The molecule has 4 rings (SSSR count). The Hall–Kier alpha value is -3.85. The number of carbonyl (C=O) groups excluding carboxylic acids is 2. The van der Waals surface area contributed by atoms with Crippen molar-refractivity contribution in [2.24, 2.45) is 11.1 Å². The van der Waals surface area contributed by atoms with E-state index >= 15 is 0 Å². The number of hydrogen-bond acceptors (Lipinski definition) is 5. The van der Waals surface area contributed by atoms with Gasteiger partial charge in [0, 0.05) is 17.6 Å². The fourth-order valence-electron chi connectivity index (χ4n) is 4.73. The molecule has 2 aromatic rings. The number of Topliss-reactive ketones (excluding diaryl/α,β-unsaturated/α-hetero) is 1. The summed E-state index contributed by atoms with van der Waals surface area (Å²) in [5.74, 6) is -0.783. The highest BCUT2D eigenvalue weighted by Gasteiger charge is 2.45. The third kappa shape index (κ3) is 4.03. The van der Waals surface area contributed by atoms with Crippen molar-refractivity contribution >= 4 is 11.7 Å². The number of nitrogens with one attached hydrogen (secondary N) is 1. The smallest absolute Gasteiger partial charge is 0.270 e. The molecule has 3 N–H and O–H groups in total. The molecule has 1 unspecified atom stereocenters. The third-order valence-electron chi connectivity index (χ3n) is 6.41. The maximum atomic E-state index is 13.5. The first kappa shape index (κ1) is 22.3. The number of carbonyl (C=O) groups is 2. The molecule has 1 amide bonds. The molecule has 2 aromatic carbocycles. The van der Waals surface area contributed by atoms with Crippen LogP contribution in [0.15, 0.2) is 71.2 Å². The second-order valence-corrected chi connectivity index (χ2v) is 9.64. The lowest BCUT2D eigenvalue weighted by Crippen LogP contribution is -2.49. The first-order valence-electron chi connectivity index (χ1n) is 11.0. The van der Waals surface area contributed by atoms with Crippen LogP contribution in [0.2, 0.25) is 0 Å². The van der Waals surface area contributed by atoms with E-state index in [0.29, 0.717) is 29.7 Å². The lowest BCUT2D eigenvalue weighted by molar-refractivity contribution is -0.118. The lowest BCUT2D eigenvalue weighted by atomic mass is 9.68. The van der Waals surface area contributed by atoms with Gasteiger partial charge in [0.2, 0.25) is 0 Å². The average molecular weight is 441 g/mol. The summed E-state index contributed by atoms with van der Waals surface area (Å²) in [5, 5.41) is 11.6. The van der Waals surface area contributed by atoms with Gasteiger partial charge in [0.1, 0.15) is 5.82 Å². The van der Waals surface area contributed by atoms with Crippen molar-refractivity contribution in [2.75, 3.05) is 0 Å². The van der Waals surface area contributed by atoms with Gasteiger partial charge < -0.3 is 5.73 Å². The maximum Gasteiger partial charge on any atom is 0.270 e. The topological polar surface area (TPSA) is 99.2 Å². The van der Waals surface area contributed by atoms with Gasteiger partial charge in [-0.2, -0.15) is 5.26 Å². The normalized spacial score (nSPS) is 19.8. The van der Waals surface area contributed by atoms with E-state index < -0.39 is 5.92 Å². The Labute approximate surface area is 194 Å². The molecule has 33 heavy (non-hydrogen) atoms. The third-order valence-corrected chi connectivity index (χ3v) is 6.41. The van der Waals surface area contributed by atoms with E-state index in [1.165, 1.54) is 5.01 Å². The van der Waals surface area contributed by atoms with Crippen LogP contribution in [0, 0.1) is 30.6 Å². The van der Waals surface area contributed by atoms with Crippen LogP contribution in [0.25, 0.3) is 0 Å². The Bertz CT molecular complexity index is 1250. The summed E-state index contributed by atoms with van der Waals surface area (Å²) < 4.78 is 0. The van der Waals surface area contributed by atoms with Gasteiger partial charge in [-0.3, -0.25) is 15.0 Å². The number of allylic oxidation sites excluding steroid dienone is 3. The molecule has 0 saturated heterocycles. The number of rotatable bonds is 3. The fourth-order valence-corrected chi connectivity index (χ4v) is 4.73. The number of nitrogens with zero attached hydrogens (tertiary/aromatic N) is 2. The molecule has 1 aliphatic carbocycles. The molecule has 6 nitrogen and oxygen atoms in total. The average Bonchev–Trinajstić information content (AvgIpc) is 2.75.